The summed E-state index contributed by atoms with van der Waals surface area (Å²) < 4.78 is 5.46. The molecule has 2 fully saturated rings. The fraction of sp³-hybridized carbons (Fsp3) is 0.556. The predicted molar refractivity (Wildman–Crippen MR) is 124 cm³/mol. The minimum Gasteiger partial charge on any atom is -0.496 e. The zero-order chi connectivity index (χ0) is 22.0. The molecule has 0 aromatic heterocycles. The highest BCUT2D eigenvalue weighted by atomic mass is 16.5. The highest BCUT2D eigenvalue weighted by Crippen LogP contribution is 2.38. The second-order valence-corrected chi connectivity index (χ2v) is 9.41. The number of nitrogens with zero attached hydrogens (tertiary/aromatic N) is 2. The summed E-state index contributed by atoms with van der Waals surface area (Å²) in [6, 6.07) is 12.8. The summed E-state index contributed by atoms with van der Waals surface area (Å²) in [6.45, 7) is 6.59. The molecule has 0 radical (unpaired) electrons. The molecule has 2 aromatic carbocycles. The summed E-state index contributed by atoms with van der Waals surface area (Å²) in [6.07, 6.45) is 6.44. The van der Waals surface area contributed by atoms with Crippen molar-refractivity contribution in [1.82, 2.24) is 4.90 Å². The van der Waals surface area contributed by atoms with Gasteiger partial charge >= 0.3 is 0 Å². The Labute approximate surface area is 186 Å². The molecule has 1 heterocycles. The lowest BCUT2D eigenvalue weighted by atomic mass is 9.72. The summed E-state index contributed by atoms with van der Waals surface area (Å²) in [7, 11) is 1.63. The molecule has 1 saturated carbocycles. The molecule has 164 valence electrons. The van der Waals surface area contributed by atoms with Crippen LogP contribution in [0.5, 0.6) is 5.75 Å². The number of ketones is 1. The monoisotopic (exact) mass is 418 g/mol. The topological polar surface area (TPSA) is 53.3 Å². The molecule has 31 heavy (non-hydrogen) atoms. The van der Waals surface area contributed by atoms with E-state index in [2.05, 4.69) is 24.8 Å². The molecule has 4 rings (SSSR count). The van der Waals surface area contributed by atoms with Crippen LogP contribution in [0.25, 0.3) is 10.8 Å². The van der Waals surface area contributed by atoms with Gasteiger partial charge in [0.25, 0.3) is 0 Å². The molecule has 2 aliphatic rings. The number of rotatable bonds is 7. The Morgan fingerprint density at radius 2 is 2.06 bits per heavy atom. The number of likely N-dealkylation sites (tertiary alicyclic amines) is 1. The SMILES string of the molecule is CCC(C)[C@H]1CCN(C2CCC2)C[C@H]1C(=O)c1ccc2c(CC#N)c(OC)ccc2c1. The molecule has 0 spiro atoms. The maximum atomic E-state index is 13.8. The van der Waals surface area contributed by atoms with Crippen molar-refractivity contribution in [2.24, 2.45) is 17.8 Å². The molecule has 4 nitrogen and oxygen atoms in total. The minimum absolute atomic E-state index is 0.0681. The first-order valence-corrected chi connectivity index (χ1v) is 11.8. The van der Waals surface area contributed by atoms with E-state index in [1.54, 1.807) is 7.11 Å². The third-order valence-electron chi connectivity index (χ3n) is 7.85. The molecule has 1 aliphatic heterocycles. The van der Waals surface area contributed by atoms with Crippen LogP contribution in [0.3, 0.4) is 0 Å². The molecule has 1 unspecified atom stereocenters. The van der Waals surface area contributed by atoms with Crippen molar-refractivity contribution >= 4 is 16.6 Å². The largest absolute Gasteiger partial charge is 0.496 e. The number of hydrogen-bond donors (Lipinski definition) is 0. The highest BCUT2D eigenvalue weighted by Gasteiger charge is 2.39. The van der Waals surface area contributed by atoms with Crippen LogP contribution in [-0.2, 0) is 6.42 Å². The third kappa shape index (κ3) is 4.21. The van der Waals surface area contributed by atoms with Crippen LogP contribution in [0.15, 0.2) is 30.3 Å². The van der Waals surface area contributed by atoms with Crippen LogP contribution in [-0.4, -0.2) is 36.9 Å². The number of carbonyl (C=O) groups excluding carboxylic acids is 1. The summed E-state index contributed by atoms with van der Waals surface area (Å²) in [5.41, 5.74) is 1.70. The maximum Gasteiger partial charge on any atom is 0.167 e. The number of fused-ring (bicyclic) bond motifs is 1. The molecule has 0 bridgehead atoms. The van der Waals surface area contributed by atoms with Gasteiger partial charge in [-0.25, -0.2) is 0 Å². The van der Waals surface area contributed by atoms with Crippen molar-refractivity contribution in [3.63, 3.8) is 0 Å². The zero-order valence-corrected chi connectivity index (χ0v) is 19.1. The predicted octanol–water partition coefficient (Wildman–Crippen LogP) is 5.63. The maximum absolute atomic E-state index is 13.8. The van der Waals surface area contributed by atoms with Crippen molar-refractivity contribution in [1.29, 1.82) is 5.26 Å². The quantitative estimate of drug-likeness (QED) is 0.547. The number of hydrogen-bond acceptors (Lipinski definition) is 4. The second kappa shape index (κ2) is 9.40. The minimum atomic E-state index is 0.0681. The van der Waals surface area contributed by atoms with Gasteiger partial charge in [0, 0.05) is 29.6 Å². The first kappa shape index (κ1) is 21.8. The fourth-order valence-electron chi connectivity index (χ4n) is 5.53. The number of carbonyl (C=O) groups is 1. The molecule has 4 heteroatoms. The standard InChI is InChI=1S/C27H34N2O2/c1-4-18(2)22-13-15-29(21-6-5-7-21)17-25(22)27(30)20-8-10-23-19(16-20)9-11-26(31-3)24(23)12-14-28/h8-11,16,18,21-22,25H,4-7,12-13,15,17H2,1-3H3/t18?,22-,25-/m1/s1. The van der Waals surface area contributed by atoms with E-state index in [0.717, 1.165) is 53.6 Å². The van der Waals surface area contributed by atoms with Crippen LogP contribution in [0.2, 0.25) is 0 Å². The molecular formula is C27H34N2O2. The van der Waals surface area contributed by atoms with Gasteiger partial charge in [-0.1, -0.05) is 44.9 Å². The Morgan fingerprint density at radius 1 is 1.26 bits per heavy atom. The summed E-state index contributed by atoms with van der Waals surface area (Å²) in [4.78, 5) is 16.4. The van der Waals surface area contributed by atoms with Gasteiger partial charge in [-0.2, -0.15) is 5.26 Å². The van der Waals surface area contributed by atoms with Crippen molar-refractivity contribution in [3.8, 4) is 11.8 Å². The number of methoxy groups -OCH3 is 1. The number of Topliss-reactive ketones (excluding diaryl/α,β-unsaturated/α-hetero) is 1. The summed E-state index contributed by atoms with van der Waals surface area (Å²) in [5.74, 6) is 2.10. The molecule has 2 aromatic rings. The summed E-state index contributed by atoms with van der Waals surface area (Å²) in [5, 5.41) is 11.2. The Kier molecular flexibility index (Phi) is 6.62. The van der Waals surface area contributed by atoms with Gasteiger partial charge in [-0.15, -0.1) is 0 Å². The van der Waals surface area contributed by atoms with E-state index in [4.69, 9.17) is 4.74 Å². The van der Waals surface area contributed by atoms with Crippen LogP contribution in [0, 0.1) is 29.1 Å². The van der Waals surface area contributed by atoms with E-state index in [0.29, 0.717) is 24.3 Å². The third-order valence-corrected chi connectivity index (χ3v) is 7.85. The van der Waals surface area contributed by atoms with Crippen LogP contribution < -0.4 is 4.74 Å². The van der Waals surface area contributed by atoms with E-state index in [1.165, 1.54) is 19.3 Å². The van der Waals surface area contributed by atoms with Crippen LogP contribution in [0.1, 0.15) is 61.9 Å². The van der Waals surface area contributed by atoms with Gasteiger partial charge in [0.05, 0.1) is 19.6 Å². The smallest absolute Gasteiger partial charge is 0.167 e. The normalized spacial score (nSPS) is 23.2. The van der Waals surface area contributed by atoms with Gasteiger partial charge in [0.15, 0.2) is 5.78 Å². The van der Waals surface area contributed by atoms with E-state index >= 15 is 0 Å². The van der Waals surface area contributed by atoms with Crippen LogP contribution >= 0.6 is 0 Å². The fourth-order valence-corrected chi connectivity index (χ4v) is 5.53. The first-order chi connectivity index (χ1) is 15.1. The van der Waals surface area contributed by atoms with E-state index in [-0.39, 0.29) is 11.7 Å². The number of piperidine rings is 1. The van der Waals surface area contributed by atoms with Gasteiger partial charge in [0.1, 0.15) is 5.75 Å². The molecule has 0 N–H and O–H groups in total. The van der Waals surface area contributed by atoms with Crippen LogP contribution in [0.4, 0.5) is 0 Å². The molecule has 0 amide bonds. The molecular weight excluding hydrogens is 384 g/mol. The Balaban J connectivity index is 1.66. The Morgan fingerprint density at radius 3 is 2.71 bits per heavy atom. The zero-order valence-electron chi connectivity index (χ0n) is 19.1. The van der Waals surface area contributed by atoms with Gasteiger partial charge < -0.3 is 4.74 Å². The van der Waals surface area contributed by atoms with E-state index < -0.39 is 0 Å². The van der Waals surface area contributed by atoms with E-state index in [9.17, 15) is 10.1 Å². The van der Waals surface area contributed by atoms with Crippen molar-refractivity contribution < 1.29 is 9.53 Å². The van der Waals surface area contributed by atoms with Crippen molar-refractivity contribution in [2.75, 3.05) is 20.2 Å². The average Bonchev–Trinajstić information content (AvgIpc) is 2.77. The Bertz CT molecular complexity index is 989. The Hall–Kier alpha value is -2.38. The lowest BCUT2D eigenvalue weighted by Crippen LogP contribution is -2.51. The molecule has 3 atom stereocenters. The molecule has 1 aliphatic carbocycles. The van der Waals surface area contributed by atoms with Gasteiger partial charge in [0.2, 0.25) is 0 Å². The summed E-state index contributed by atoms with van der Waals surface area (Å²) >= 11 is 0. The van der Waals surface area contributed by atoms with E-state index in [1.807, 2.05) is 30.3 Å². The van der Waals surface area contributed by atoms with Crippen molar-refractivity contribution in [3.05, 3.63) is 41.5 Å². The second-order valence-electron chi connectivity index (χ2n) is 9.41. The van der Waals surface area contributed by atoms with Gasteiger partial charge in [-0.05, 0) is 60.5 Å². The average molecular weight is 419 g/mol. The van der Waals surface area contributed by atoms with Crippen molar-refractivity contribution in [2.45, 2.75) is 58.4 Å². The lowest BCUT2D eigenvalue weighted by molar-refractivity contribution is 0.0280. The first-order valence-electron chi connectivity index (χ1n) is 11.8. The highest BCUT2D eigenvalue weighted by molar-refractivity contribution is 6.02. The molecule has 1 saturated heterocycles. The number of benzene rings is 2. The van der Waals surface area contributed by atoms with Gasteiger partial charge in [-0.3, -0.25) is 9.69 Å². The number of nitriles is 1. The lowest BCUT2D eigenvalue weighted by Gasteiger charge is -2.46. The number of ether oxygens (including phenoxy) is 1.